The van der Waals surface area contributed by atoms with E-state index in [9.17, 15) is 18.0 Å². The van der Waals surface area contributed by atoms with Crippen LogP contribution >= 0.6 is 0 Å². The van der Waals surface area contributed by atoms with Crippen LogP contribution in [0.2, 0.25) is 0 Å². The molecule has 0 aromatic rings. The molecule has 1 fully saturated rings. The van der Waals surface area contributed by atoms with E-state index >= 15 is 0 Å². The summed E-state index contributed by atoms with van der Waals surface area (Å²) in [7, 11) is 0. The van der Waals surface area contributed by atoms with Gasteiger partial charge in [-0.2, -0.15) is 13.2 Å². The van der Waals surface area contributed by atoms with E-state index in [0.29, 0.717) is 25.7 Å². The first-order valence-corrected chi connectivity index (χ1v) is 4.45. The van der Waals surface area contributed by atoms with Gasteiger partial charge in [-0.05, 0) is 25.7 Å². The number of aliphatic hydroxyl groups excluding tert-OH is 1. The maximum atomic E-state index is 11.8. The number of hydrogen-bond acceptors (Lipinski definition) is 2. The van der Waals surface area contributed by atoms with Crippen molar-refractivity contribution in [3.05, 3.63) is 0 Å². The highest BCUT2D eigenvalue weighted by Crippen LogP contribution is 2.20. The summed E-state index contributed by atoms with van der Waals surface area (Å²) in [5, 5.41) is 11.0. The monoisotopic (exact) mass is 211 g/mol. The van der Waals surface area contributed by atoms with Crippen molar-refractivity contribution < 1.29 is 23.1 Å². The first kappa shape index (κ1) is 11.3. The Morgan fingerprint density at radius 2 is 1.71 bits per heavy atom. The van der Waals surface area contributed by atoms with Gasteiger partial charge >= 0.3 is 12.1 Å². The second-order valence-electron chi connectivity index (χ2n) is 3.48. The summed E-state index contributed by atoms with van der Waals surface area (Å²) < 4.78 is 35.5. The molecule has 1 aliphatic rings. The van der Waals surface area contributed by atoms with Crippen molar-refractivity contribution in [3.63, 3.8) is 0 Å². The Morgan fingerprint density at radius 3 is 2.14 bits per heavy atom. The molecule has 3 nitrogen and oxygen atoms in total. The molecule has 1 rings (SSSR count). The molecule has 1 saturated carbocycles. The van der Waals surface area contributed by atoms with Gasteiger partial charge in [0.1, 0.15) is 0 Å². The molecule has 0 radical (unpaired) electrons. The van der Waals surface area contributed by atoms with Crippen molar-refractivity contribution in [1.29, 1.82) is 0 Å². The molecule has 0 saturated heterocycles. The predicted octanol–water partition coefficient (Wildman–Crippen LogP) is 0.968. The minimum atomic E-state index is -4.81. The van der Waals surface area contributed by atoms with Crippen LogP contribution in [0.5, 0.6) is 0 Å². The Morgan fingerprint density at radius 1 is 1.21 bits per heavy atom. The average Bonchev–Trinajstić information content (AvgIpc) is 2.07. The molecule has 0 aromatic heterocycles. The van der Waals surface area contributed by atoms with Crippen LogP contribution < -0.4 is 5.32 Å². The van der Waals surface area contributed by atoms with Crippen LogP contribution in [0, 0.1) is 0 Å². The van der Waals surface area contributed by atoms with Gasteiger partial charge in [0.15, 0.2) is 0 Å². The Kier molecular flexibility index (Phi) is 3.36. The molecule has 0 spiro atoms. The fourth-order valence-corrected chi connectivity index (χ4v) is 1.49. The third-order valence-corrected chi connectivity index (χ3v) is 2.29. The second kappa shape index (κ2) is 4.16. The van der Waals surface area contributed by atoms with E-state index in [1.54, 1.807) is 0 Å². The quantitative estimate of drug-likeness (QED) is 0.679. The molecule has 6 heteroatoms. The predicted molar refractivity (Wildman–Crippen MR) is 42.5 cm³/mol. The topological polar surface area (TPSA) is 49.3 Å². The van der Waals surface area contributed by atoms with Crippen LogP contribution in [0.3, 0.4) is 0 Å². The van der Waals surface area contributed by atoms with Crippen molar-refractivity contribution in [3.8, 4) is 0 Å². The van der Waals surface area contributed by atoms with Crippen LogP contribution in [0.25, 0.3) is 0 Å². The van der Waals surface area contributed by atoms with E-state index in [0.717, 1.165) is 0 Å². The van der Waals surface area contributed by atoms with Crippen molar-refractivity contribution in [1.82, 2.24) is 5.32 Å². The number of amides is 1. The molecule has 82 valence electrons. The van der Waals surface area contributed by atoms with Gasteiger partial charge < -0.3 is 10.4 Å². The molecule has 1 aliphatic carbocycles. The summed E-state index contributed by atoms with van der Waals surface area (Å²) in [5.41, 5.74) is 0. The van der Waals surface area contributed by atoms with Gasteiger partial charge in [-0.1, -0.05) is 0 Å². The number of rotatable bonds is 1. The van der Waals surface area contributed by atoms with Crippen LogP contribution in [0.15, 0.2) is 0 Å². The summed E-state index contributed by atoms with van der Waals surface area (Å²) in [6.07, 6.45) is -3.54. The molecule has 14 heavy (non-hydrogen) atoms. The lowest BCUT2D eigenvalue weighted by molar-refractivity contribution is -0.174. The number of alkyl halides is 3. The average molecular weight is 211 g/mol. The zero-order chi connectivity index (χ0) is 10.8. The summed E-state index contributed by atoms with van der Waals surface area (Å²) in [5.74, 6) is -1.89. The van der Waals surface area contributed by atoms with Gasteiger partial charge in [-0.3, -0.25) is 4.79 Å². The number of carbonyl (C=O) groups excluding carboxylic acids is 1. The van der Waals surface area contributed by atoms with Gasteiger partial charge in [-0.25, -0.2) is 0 Å². The number of hydrogen-bond donors (Lipinski definition) is 2. The van der Waals surface area contributed by atoms with Crippen molar-refractivity contribution in [2.75, 3.05) is 0 Å². The van der Waals surface area contributed by atoms with E-state index < -0.39 is 24.2 Å². The lowest BCUT2D eigenvalue weighted by Gasteiger charge is -2.26. The minimum Gasteiger partial charge on any atom is -0.393 e. The molecular formula is C8H12F3NO2. The summed E-state index contributed by atoms with van der Waals surface area (Å²) in [6.45, 7) is 0. The van der Waals surface area contributed by atoms with E-state index in [4.69, 9.17) is 5.11 Å². The summed E-state index contributed by atoms with van der Waals surface area (Å²) in [4.78, 5) is 10.5. The largest absolute Gasteiger partial charge is 0.471 e. The lowest BCUT2D eigenvalue weighted by Crippen LogP contribution is -2.45. The van der Waals surface area contributed by atoms with Gasteiger partial charge in [0.2, 0.25) is 0 Å². The first-order valence-electron chi connectivity index (χ1n) is 4.45. The summed E-state index contributed by atoms with van der Waals surface area (Å²) >= 11 is 0. The molecule has 0 aromatic carbocycles. The van der Waals surface area contributed by atoms with Gasteiger partial charge in [0.05, 0.1) is 6.10 Å². The molecule has 0 unspecified atom stereocenters. The maximum absolute atomic E-state index is 11.8. The zero-order valence-electron chi connectivity index (χ0n) is 7.47. The van der Waals surface area contributed by atoms with E-state index in [2.05, 4.69) is 0 Å². The van der Waals surface area contributed by atoms with E-state index in [1.807, 2.05) is 5.32 Å². The standard InChI is InChI=1S/C8H12F3NO2/c9-8(10,11)7(14)12-5-1-3-6(13)4-2-5/h5-6,13H,1-4H2,(H,12,14)/t5-,6-. The van der Waals surface area contributed by atoms with Gasteiger partial charge in [0, 0.05) is 6.04 Å². The maximum Gasteiger partial charge on any atom is 0.471 e. The Hall–Kier alpha value is -0.780. The third-order valence-electron chi connectivity index (χ3n) is 2.29. The summed E-state index contributed by atoms with van der Waals surface area (Å²) in [6, 6.07) is -0.451. The Bertz CT molecular complexity index is 209. The second-order valence-corrected chi connectivity index (χ2v) is 3.48. The molecule has 2 N–H and O–H groups in total. The van der Waals surface area contributed by atoms with Crippen LogP contribution in [0.1, 0.15) is 25.7 Å². The van der Waals surface area contributed by atoms with Crippen molar-refractivity contribution in [2.24, 2.45) is 0 Å². The molecule has 0 aliphatic heterocycles. The van der Waals surface area contributed by atoms with Crippen molar-refractivity contribution >= 4 is 5.91 Å². The van der Waals surface area contributed by atoms with E-state index in [1.165, 1.54) is 0 Å². The smallest absolute Gasteiger partial charge is 0.393 e. The van der Waals surface area contributed by atoms with Gasteiger partial charge in [0.25, 0.3) is 0 Å². The molecule has 0 heterocycles. The normalized spacial score (nSPS) is 28.6. The van der Waals surface area contributed by atoms with Gasteiger partial charge in [-0.15, -0.1) is 0 Å². The van der Waals surface area contributed by atoms with Crippen LogP contribution in [-0.2, 0) is 4.79 Å². The highest BCUT2D eigenvalue weighted by Gasteiger charge is 2.40. The third kappa shape index (κ3) is 3.17. The lowest BCUT2D eigenvalue weighted by atomic mass is 9.93. The highest BCUT2D eigenvalue weighted by molar-refractivity contribution is 5.81. The fourth-order valence-electron chi connectivity index (χ4n) is 1.49. The zero-order valence-corrected chi connectivity index (χ0v) is 7.47. The number of halogens is 3. The number of nitrogens with one attached hydrogen (secondary N) is 1. The molecule has 0 atom stereocenters. The first-order chi connectivity index (χ1) is 6.39. The fraction of sp³-hybridized carbons (Fsp3) is 0.875. The molecular weight excluding hydrogens is 199 g/mol. The van der Waals surface area contributed by atoms with E-state index in [-0.39, 0.29) is 0 Å². The van der Waals surface area contributed by atoms with Crippen LogP contribution in [-0.4, -0.2) is 29.3 Å². The Labute approximate surface area is 79.3 Å². The molecule has 0 bridgehead atoms. The number of carbonyl (C=O) groups is 1. The van der Waals surface area contributed by atoms with Crippen molar-refractivity contribution in [2.45, 2.75) is 44.0 Å². The highest BCUT2D eigenvalue weighted by atomic mass is 19.4. The molecule has 1 amide bonds. The van der Waals surface area contributed by atoms with Crippen LogP contribution in [0.4, 0.5) is 13.2 Å². The Balaban J connectivity index is 2.35. The minimum absolute atomic E-state index is 0.406. The number of aliphatic hydroxyl groups is 1. The SMILES string of the molecule is O=C(N[C@H]1CC[C@H](O)CC1)C(F)(F)F.